The summed E-state index contributed by atoms with van der Waals surface area (Å²) in [6.45, 7) is 1.91. The van der Waals surface area contributed by atoms with Crippen molar-refractivity contribution in [2.45, 2.75) is 6.92 Å². The lowest BCUT2D eigenvalue weighted by atomic mass is 10.1. The summed E-state index contributed by atoms with van der Waals surface area (Å²) in [6.07, 6.45) is 3.72. The normalized spacial score (nSPS) is 16.6. The highest BCUT2D eigenvalue weighted by Crippen LogP contribution is 2.35. The molecule has 0 saturated carbocycles. The Kier molecular flexibility index (Phi) is 5.05. The van der Waals surface area contributed by atoms with Crippen LogP contribution in [0.5, 0.6) is 5.75 Å². The van der Waals surface area contributed by atoms with Crippen LogP contribution in [0.1, 0.15) is 12.5 Å². The van der Waals surface area contributed by atoms with E-state index in [-0.39, 0.29) is 11.1 Å². The van der Waals surface area contributed by atoms with Crippen molar-refractivity contribution in [2.24, 2.45) is 0 Å². The van der Waals surface area contributed by atoms with Crippen molar-refractivity contribution in [1.82, 2.24) is 0 Å². The lowest BCUT2D eigenvalue weighted by Gasteiger charge is -2.12. The van der Waals surface area contributed by atoms with E-state index < -0.39 is 0 Å². The second-order valence-corrected chi connectivity index (χ2v) is 6.51. The van der Waals surface area contributed by atoms with Gasteiger partial charge in [-0.15, -0.1) is 0 Å². The minimum absolute atomic E-state index is 0.297. The number of anilines is 1. The van der Waals surface area contributed by atoms with Gasteiger partial charge in [-0.2, -0.15) is 0 Å². The molecule has 5 heteroatoms. The molecule has 1 aliphatic rings. The van der Waals surface area contributed by atoms with Gasteiger partial charge >= 0.3 is 0 Å². The highest BCUT2D eigenvalue weighted by Gasteiger charge is 2.36. The average Bonchev–Trinajstić information content (AvgIpc) is 2.89. The van der Waals surface area contributed by atoms with E-state index in [0.29, 0.717) is 16.3 Å². The minimum atomic E-state index is -0.305. The summed E-state index contributed by atoms with van der Waals surface area (Å²) in [4.78, 5) is 26.5. The number of methoxy groups -OCH3 is 1. The molecule has 1 fully saturated rings. The van der Waals surface area contributed by atoms with Gasteiger partial charge in [0.05, 0.1) is 17.7 Å². The van der Waals surface area contributed by atoms with E-state index in [9.17, 15) is 9.59 Å². The molecule has 2 aromatic carbocycles. The van der Waals surface area contributed by atoms with Crippen LogP contribution in [0, 0.1) is 0 Å². The molecule has 0 bridgehead atoms. The van der Waals surface area contributed by atoms with Crippen LogP contribution in [0.3, 0.4) is 0 Å². The van der Waals surface area contributed by atoms with E-state index in [0.717, 1.165) is 22.9 Å². The fraction of sp³-hybridized carbons (Fsp3) is 0.100. The summed E-state index contributed by atoms with van der Waals surface area (Å²) in [6, 6.07) is 16.7. The van der Waals surface area contributed by atoms with Crippen LogP contribution in [-0.4, -0.2) is 18.3 Å². The molecule has 0 unspecified atom stereocenters. The Bertz CT molecular complexity index is 854. The summed E-state index contributed by atoms with van der Waals surface area (Å²) in [5.74, 6) is 0.369. The number of hydrogen-bond acceptors (Lipinski definition) is 4. The molecule has 1 saturated heterocycles. The molecule has 0 aromatic heterocycles. The van der Waals surface area contributed by atoms with Crippen molar-refractivity contribution < 1.29 is 14.3 Å². The fourth-order valence-corrected chi connectivity index (χ4v) is 3.37. The molecule has 3 rings (SSSR count). The van der Waals surface area contributed by atoms with Crippen molar-refractivity contribution in [2.75, 3.05) is 12.0 Å². The maximum Gasteiger partial charge on any atom is 0.298 e. The van der Waals surface area contributed by atoms with Gasteiger partial charge in [0.25, 0.3) is 11.1 Å². The molecule has 25 heavy (non-hydrogen) atoms. The van der Waals surface area contributed by atoms with Crippen molar-refractivity contribution in [3.63, 3.8) is 0 Å². The highest BCUT2D eigenvalue weighted by atomic mass is 32.2. The molecule has 0 N–H and O–H groups in total. The van der Waals surface area contributed by atoms with Crippen LogP contribution in [0.4, 0.5) is 10.5 Å². The van der Waals surface area contributed by atoms with Gasteiger partial charge in [0.15, 0.2) is 0 Å². The Hall–Kier alpha value is -2.79. The first kappa shape index (κ1) is 17.0. The van der Waals surface area contributed by atoms with E-state index in [1.54, 1.807) is 37.5 Å². The Labute approximate surface area is 150 Å². The van der Waals surface area contributed by atoms with E-state index >= 15 is 0 Å². The predicted octanol–water partition coefficient (Wildman–Crippen LogP) is 4.88. The second kappa shape index (κ2) is 7.40. The van der Waals surface area contributed by atoms with Gasteiger partial charge in [0.2, 0.25) is 0 Å². The first-order valence-electron chi connectivity index (χ1n) is 7.74. The maximum absolute atomic E-state index is 12.6. The van der Waals surface area contributed by atoms with Gasteiger partial charge in [0.1, 0.15) is 5.75 Å². The Morgan fingerprint density at radius 3 is 2.36 bits per heavy atom. The Balaban J connectivity index is 1.84. The number of imide groups is 1. The van der Waals surface area contributed by atoms with Crippen molar-refractivity contribution in [3.05, 3.63) is 76.7 Å². The molecule has 2 amide bonds. The van der Waals surface area contributed by atoms with Gasteiger partial charge < -0.3 is 4.74 Å². The number of hydrogen-bond donors (Lipinski definition) is 0. The van der Waals surface area contributed by atoms with Crippen LogP contribution < -0.4 is 9.64 Å². The van der Waals surface area contributed by atoms with E-state index in [1.807, 2.05) is 43.3 Å². The lowest BCUT2D eigenvalue weighted by molar-refractivity contribution is -0.113. The third-order valence-corrected chi connectivity index (χ3v) is 4.55. The molecule has 126 valence electrons. The molecule has 1 heterocycles. The zero-order valence-corrected chi connectivity index (χ0v) is 14.7. The third-order valence-electron chi connectivity index (χ3n) is 3.68. The first-order valence-corrected chi connectivity index (χ1v) is 8.55. The maximum atomic E-state index is 12.6. The molecular weight excluding hydrogens is 334 g/mol. The number of allylic oxidation sites excluding steroid dienone is 2. The smallest absolute Gasteiger partial charge is 0.298 e. The van der Waals surface area contributed by atoms with Crippen molar-refractivity contribution >= 4 is 34.7 Å². The largest absolute Gasteiger partial charge is 0.497 e. The molecule has 0 radical (unpaired) electrons. The summed E-state index contributed by atoms with van der Waals surface area (Å²) < 4.78 is 5.10. The van der Waals surface area contributed by atoms with Gasteiger partial charge in [0, 0.05) is 0 Å². The average molecular weight is 351 g/mol. The number of benzene rings is 2. The standard InChI is InChI=1S/C20H17NO3S/c1-14(12-15-6-4-3-5-7-15)13-18-19(22)21(20(23)25-18)16-8-10-17(24-2)11-9-16/h3-13H,1-2H3/b14-12+,18-13+. The predicted molar refractivity (Wildman–Crippen MR) is 102 cm³/mol. The monoisotopic (exact) mass is 351 g/mol. The number of carbonyl (C=O) groups is 2. The highest BCUT2D eigenvalue weighted by molar-refractivity contribution is 8.18. The van der Waals surface area contributed by atoms with E-state index in [2.05, 4.69) is 0 Å². The minimum Gasteiger partial charge on any atom is -0.497 e. The van der Waals surface area contributed by atoms with E-state index in [4.69, 9.17) is 4.74 Å². The van der Waals surface area contributed by atoms with Gasteiger partial charge in [-0.05, 0) is 60.2 Å². The Morgan fingerprint density at radius 2 is 1.72 bits per heavy atom. The number of ether oxygens (including phenoxy) is 1. The van der Waals surface area contributed by atoms with Gasteiger partial charge in [-0.3, -0.25) is 9.59 Å². The molecule has 4 nitrogen and oxygen atoms in total. The van der Waals surface area contributed by atoms with Crippen LogP contribution in [-0.2, 0) is 4.79 Å². The molecule has 2 aromatic rings. The summed E-state index contributed by atoms with van der Waals surface area (Å²) in [5, 5.41) is -0.297. The number of amides is 2. The summed E-state index contributed by atoms with van der Waals surface area (Å²) in [7, 11) is 1.57. The lowest BCUT2D eigenvalue weighted by Crippen LogP contribution is -2.27. The quantitative estimate of drug-likeness (QED) is 0.736. The number of carbonyl (C=O) groups excluding carboxylic acids is 2. The van der Waals surface area contributed by atoms with Crippen LogP contribution in [0.2, 0.25) is 0 Å². The van der Waals surface area contributed by atoms with Crippen molar-refractivity contribution in [1.29, 1.82) is 0 Å². The zero-order valence-electron chi connectivity index (χ0n) is 13.9. The zero-order chi connectivity index (χ0) is 17.8. The van der Waals surface area contributed by atoms with Gasteiger partial charge in [-0.1, -0.05) is 36.4 Å². The summed E-state index contributed by atoms with van der Waals surface area (Å²) in [5.41, 5.74) is 2.49. The molecular formula is C20H17NO3S. The Morgan fingerprint density at radius 1 is 1.04 bits per heavy atom. The fourth-order valence-electron chi connectivity index (χ4n) is 2.48. The first-order chi connectivity index (χ1) is 12.1. The third kappa shape index (κ3) is 3.83. The van der Waals surface area contributed by atoms with Crippen molar-refractivity contribution in [3.8, 4) is 5.75 Å². The van der Waals surface area contributed by atoms with Gasteiger partial charge in [-0.25, -0.2) is 4.90 Å². The number of nitrogens with zero attached hydrogens (tertiary/aromatic N) is 1. The number of thioether (sulfide) groups is 1. The molecule has 0 aliphatic carbocycles. The second-order valence-electron chi connectivity index (χ2n) is 5.51. The van der Waals surface area contributed by atoms with Crippen LogP contribution in [0.15, 0.2) is 71.2 Å². The SMILES string of the molecule is COc1ccc(N2C(=O)S/C(=C/C(C)=C/c3ccccc3)C2=O)cc1. The molecule has 1 aliphatic heterocycles. The van der Waals surface area contributed by atoms with Crippen LogP contribution >= 0.6 is 11.8 Å². The van der Waals surface area contributed by atoms with Crippen LogP contribution in [0.25, 0.3) is 6.08 Å². The topological polar surface area (TPSA) is 46.6 Å². The molecule has 0 atom stereocenters. The molecule has 0 spiro atoms. The number of rotatable bonds is 4. The summed E-state index contributed by atoms with van der Waals surface area (Å²) >= 11 is 0.952. The van der Waals surface area contributed by atoms with E-state index in [1.165, 1.54) is 4.90 Å².